The Morgan fingerprint density at radius 2 is 1.85 bits per heavy atom. The Kier molecular flexibility index (Phi) is 6.13. The Bertz CT molecular complexity index is 1310. The molecule has 0 bridgehead atoms. The van der Waals surface area contributed by atoms with E-state index in [0.29, 0.717) is 20.9 Å². The lowest BCUT2D eigenvalue weighted by atomic mass is 9.85. The largest absolute Gasteiger partial charge is 0.493 e. The Labute approximate surface area is 201 Å². The molecule has 0 fully saturated rings. The second-order valence-corrected chi connectivity index (χ2v) is 9.07. The van der Waals surface area contributed by atoms with Crippen molar-refractivity contribution in [2.45, 2.75) is 19.3 Å². The molecule has 1 aliphatic heterocycles. The molecule has 8 nitrogen and oxygen atoms in total. The van der Waals surface area contributed by atoms with Crippen molar-refractivity contribution in [2.75, 3.05) is 31.0 Å². The van der Waals surface area contributed by atoms with Crippen LogP contribution in [0.2, 0.25) is 0 Å². The molecule has 1 aromatic heterocycles. The number of ketones is 1. The van der Waals surface area contributed by atoms with E-state index in [1.807, 2.05) is 30.3 Å². The summed E-state index contributed by atoms with van der Waals surface area (Å²) in [5.41, 5.74) is 3.90. The van der Waals surface area contributed by atoms with Gasteiger partial charge in [-0.05, 0) is 66.4 Å². The molecule has 33 heavy (non-hydrogen) atoms. The van der Waals surface area contributed by atoms with E-state index < -0.39 is 0 Å². The van der Waals surface area contributed by atoms with Crippen LogP contribution in [-0.4, -0.2) is 40.9 Å². The van der Waals surface area contributed by atoms with E-state index in [2.05, 4.69) is 41.3 Å². The summed E-state index contributed by atoms with van der Waals surface area (Å²) in [6, 6.07) is 11.3. The molecule has 4 rings (SSSR count). The molecule has 4 N–H and O–H groups in total. The average Bonchev–Trinajstić information content (AvgIpc) is 3.30. The van der Waals surface area contributed by atoms with Gasteiger partial charge in [0.25, 0.3) is 0 Å². The number of aromatic nitrogens is 3. The number of benzene rings is 2. The number of Topliss-reactive ketones (excluding diaryl/α,β-unsaturated/α-hetero) is 1. The zero-order valence-electron chi connectivity index (χ0n) is 18.6. The third kappa shape index (κ3) is 4.44. The molecule has 0 amide bonds. The Morgan fingerprint density at radius 1 is 1.18 bits per heavy atom. The minimum absolute atomic E-state index is 0.0968. The van der Waals surface area contributed by atoms with Gasteiger partial charge in [-0.1, -0.05) is 20.4 Å². The lowest BCUT2D eigenvalue weighted by Crippen LogP contribution is -2.19. The SMILES string of the molecule is C=C(OC)C(=O)c1cc(NCOc2ccc(-n3c(=S)[nH][nH]c3=S)cc2)cc2c1NCC2(C)C. The number of allylic oxidation sites excluding steroid dienone is 1. The van der Waals surface area contributed by atoms with Gasteiger partial charge in [0.1, 0.15) is 5.75 Å². The number of carbonyl (C=O) groups excluding carboxylic acids is 1. The summed E-state index contributed by atoms with van der Waals surface area (Å²) in [7, 11) is 1.44. The van der Waals surface area contributed by atoms with Crippen LogP contribution in [0.4, 0.5) is 11.4 Å². The summed E-state index contributed by atoms with van der Waals surface area (Å²) < 4.78 is 13.6. The van der Waals surface area contributed by atoms with Gasteiger partial charge in [0, 0.05) is 23.3 Å². The normalized spacial score (nSPS) is 13.7. The van der Waals surface area contributed by atoms with E-state index >= 15 is 0 Å². The van der Waals surface area contributed by atoms with Gasteiger partial charge in [-0.25, -0.2) is 0 Å². The van der Waals surface area contributed by atoms with E-state index in [1.165, 1.54) is 7.11 Å². The quantitative estimate of drug-likeness (QED) is 0.117. The van der Waals surface area contributed by atoms with Crippen LogP contribution in [0.1, 0.15) is 29.8 Å². The van der Waals surface area contributed by atoms with Gasteiger partial charge in [-0.2, -0.15) is 0 Å². The fourth-order valence-electron chi connectivity index (χ4n) is 3.73. The van der Waals surface area contributed by atoms with E-state index in [9.17, 15) is 4.79 Å². The van der Waals surface area contributed by atoms with Crippen LogP contribution in [0.5, 0.6) is 5.75 Å². The monoisotopic (exact) mass is 483 g/mol. The van der Waals surface area contributed by atoms with E-state index in [0.717, 1.165) is 29.2 Å². The highest BCUT2D eigenvalue weighted by molar-refractivity contribution is 7.72. The molecule has 0 spiro atoms. The van der Waals surface area contributed by atoms with Crippen LogP contribution in [0, 0.1) is 9.54 Å². The van der Waals surface area contributed by atoms with Gasteiger partial charge >= 0.3 is 0 Å². The van der Waals surface area contributed by atoms with Gasteiger partial charge in [0.15, 0.2) is 22.0 Å². The summed E-state index contributed by atoms with van der Waals surface area (Å²) in [4.78, 5) is 12.8. The van der Waals surface area contributed by atoms with Gasteiger partial charge in [0.05, 0.1) is 18.4 Å². The number of hydrogen-bond acceptors (Lipinski definition) is 7. The molecule has 2 aromatic carbocycles. The molecule has 0 saturated carbocycles. The Hall–Kier alpha value is -3.37. The van der Waals surface area contributed by atoms with Crippen LogP contribution in [-0.2, 0) is 10.2 Å². The number of ether oxygens (including phenoxy) is 2. The number of carbonyl (C=O) groups is 1. The molecule has 0 unspecified atom stereocenters. The lowest BCUT2D eigenvalue weighted by molar-refractivity contribution is 0.0956. The van der Waals surface area contributed by atoms with E-state index in [1.54, 1.807) is 10.6 Å². The van der Waals surface area contributed by atoms with Crippen molar-refractivity contribution < 1.29 is 14.3 Å². The maximum Gasteiger partial charge on any atom is 0.229 e. The molecular weight excluding hydrogens is 458 g/mol. The van der Waals surface area contributed by atoms with Gasteiger partial charge < -0.3 is 20.1 Å². The maximum absolute atomic E-state index is 12.8. The molecule has 0 aliphatic carbocycles. The summed E-state index contributed by atoms with van der Waals surface area (Å²) in [6.07, 6.45) is 0. The third-order valence-electron chi connectivity index (χ3n) is 5.61. The van der Waals surface area contributed by atoms with Gasteiger partial charge in [-0.15, -0.1) is 0 Å². The van der Waals surface area contributed by atoms with Crippen molar-refractivity contribution in [3.63, 3.8) is 0 Å². The first kappa shape index (κ1) is 22.8. The third-order valence-corrected chi connectivity index (χ3v) is 6.18. The minimum atomic E-state index is -0.249. The Morgan fingerprint density at radius 3 is 2.48 bits per heavy atom. The highest BCUT2D eigenvalue weighted by Crippen LogP contribution is 2.41. The summed E-state index contributed by atoms with van der Waals surface area (Å²) in [5, 5.41) is 12.2. The summed E-state index contributed by atoms with van der Waals surface area (Å²) >= 11 is 10.5. The fourth-order valence-corrected chi connectivity index (χ4v) is 4.29. The molecule has 0 saturated heterocycles. The van der Waals surface area contributed by atoms with Crippen molar-refractivity contribution in [1.82, 2.24) is 14.8 Å². The molecular formula is C23H25N5O3S2. The van der Waals surface area contributed by atoms with Crippen LogP contribution >= 0.6 is 24.4 Å². The fraction of sp³-hybridized carbons (Fsp3) is 0.261. The second kappa shape index (κ2) is 8.87. The minimum Gasteiger partial charge on any atom is -0.493 e. The first-order chi connectivity index (χ1) is 15.7. The number of aromatic amines is 2. The topological polar surface area (TPSA) is 96.1 Å². The number of anilines is 2. The molecule has 1 aliphatic rings. The summed E-state index contributed by atoms with van der Waals surface area (Å²) in [6.45, 7) is 8.94. The number of hydrogen-bond donors (Lipinski definition) is 4. The van der Waals surface area contributed by atoms with E-state index in [4.69, 9.17) is 33.9 Å². The lowest BCUT2D eigenvalue weighted by Gasteiger charge is -2.19. The van der Waals surface area contributed by atoms with Crippen molar-refractivity contribution in [3.8, 4) is 11.4 Å². The molecule has 2 heterocycles. The highest BCUT2D eigenvalue weighted by Gasteiger charge is 2.33. The van der Waals surface area contributed by atoms with Crippen molar-refractivity contribution in [1.29, 1.82) is 0 Å². The zero-order valence-corrected chi connectivity index (χ0v) is 20.2. The number of H-pyrrole nitrogens is 2. The van der Waals surface area contributed by atoms with Crippen LogP contribution < -0.4 is 15.4 Å². The predicted octanol–water partition coefficient (Wildman–Crippen LogP) is 5.09. The molecule has 172 valence electrons. The zero-order chi connectivity index (χ0) is 23.8. The van der Waals surface area contributed by atoms with Gasteiger partial charge in [-0.3, -0.25) is 19.6 Å². The smallest absolute Gasteiger partial charge is 0.229 e. The predicted molar refractivity (Wildman–Crippen MR) is 134 cm³/mol. The maximum atomic E-state index is 12.8. The van der Waals surface area contributed by atoms with Crippen molar-refractivity contribution >= 4 is 41.6 Å². The molecule has 3 aromatic rings. The van der Waals surface area contributed by atoms with E-state index in [-0.39, 0.29) is 23.7 Å². The standard InChI is InChI=1S/C23H25N5O3S2/c1-13(30-4)20(29)17-9-14(10-18-19(17)24-11-23(18,2)3)25-12-31-16-7-5-15(6-8-16)28-21(32)26-27-22(28)33/h5-10,24-25H,1,11-12H2,2-4H3,(H,26,32)(H,27,33). The second-order valence-electron chi connectivity index (χ2n) is 8.30. The molecule has 0 atom stereocenters. The number of methoxy groups -OCH3 is 1. The number of nitrogens with one attached hydrogen (secondary N) is 4. The van der Waals surface area contributed by atoms with Crippen molar-refractivity contribution in [2.24, 2.45) is 0 Å². The first-order valence-electron chi connectivity index (χ1n) is 10.3. The van der Waals surface area contributed by atoms with Gasteiger partial charge in [0.2, 0.25) is 5.78 Å². The number of rotatable bonds is 8. The Balaban J connectivity index is 1.51. The van der Waals surface area contributed by atoms with Crippen LogP contribution in [0.25, 0.3) is 5.69 Å². The highest BCUT2D eigenvalue weighted by atomic mass is 32.1. The summed E-state index contributed by atoms with van der Waals surface area (Å²) in [5.74, 6) is 0.524. The van der Waals surface area contributed by atoms with Crippen LogP contribution in [0.3, 0.4) is 0 Å². The number of nitrogens with zero attached hydrogens (tertiary/aromatic N) is 1. The van der Waals surface area contributed by atoms with Crippen LogP contribution in [0.15, 0.2) is 48.7 Å². The van der Waals surface area contributed by atoms with Crippen molar-refractivity contribution in [3.05, 3.63) is 69.4 Å². The first-order valence-corrected chi connectivity index (χ1v) is 11.1. The molecule has 0 radical (unpaired) electrons. The number of fused-ring (bicyclic) bond motifs is 1. The molecule has 10 heteroatoms. The average molecular weight is 484 g/mol.